The Bertz CT molecular complexity index is 488. The van der Waals surface area contributed by atoms with E-state index in [1.807, 2.05) is 31.3 Å². The number of amides is 1. The van der Waals surface area contributed by atoms with Gasteiger partial charge in [-0.05, 0) is 37.7 Å². The highest BCUT2D eigenvalue weighted by Gasteiger charge is 2.59. The minimum absolute atomic E-state index is 0.0143. The van der Waals surface area contributed by atoms with Crippen LogP contribution in [-0.2, 0) is 4.79 Å². The maximum atomic E-state index is 12.2. The number of hydrogen-bond donors (Lipinski definition) is 2. The average Bonchev–Trinajstić information content (AvgIpc) is 2.71. The third kappa shape index (κ3) is 1.73. The van der Waals surface area contributed by atoms with E-state index in [4.69, 9.17) is 4.74 Å². The molecule has 4 atom stereocenters. The van der Waals surface area contributed by atoms with Crippen LogP contribution in [-0.4, -0.2) is 43.4 Å². The number of carbonyl (C=O) groups excluding carboxylic acids is 1. The fourth-order valence-corrected chi connectivity index (χ4v) is 3.23. The van der Waals surface area contributed by atoms with E-state index in [0.29, 0.717) is 6.42 Å². The molecule has 1 aromatic rings. The summed E-state index contributed by atoms with van der Waals surface area (Å²) in [4.78, 5) is 14.0. The molecule has 1 saturated heterocycles. The van der Waals surface area contributed by atoms with Gasteiger partial charge in [-0.1, -0.05) is 0 Å². The summed E-state index contributed by atoms with van der Waals surface area (Å²) in [5, 5.41) is 13.1. The van der Waals surface area contributed by atoms with E-state index in [2.05, 4.69) is 5.32 Å². The Labute approximate surface area is 112 Å². The predicted molar refractivity (Wildman–Crippen MR) is 71.2 cm³/mol. The van der Waals surface area contributed by atoms with Crippen molar-refractivity contribution in [1.29, 1.82) is 0 Å². The van der Waals surface area contributed by atoms with E-state index in [0.717, 1.165) is 11.4 Å². The van der Waals surface area contributed by atoms with Crippen LogP contribution in [0.15, 0.2) is 24.3 Å². The van der Waals surface area contributed by atoms with Gasteiger partial charge in [-0.15, -0.1) is 0 Å². The zero-order chi connectivity index (χ0) is 13.6. The van der Waals surface area contributed by atoms with Crippen molar-refractivity contribution >= 4 is 11.6 Å². The molecule has 19 heavy (non-hydrogen) atoms. The fourth-order valence-electron chi connectivity index (χ4n) is 3.23. The molecule has 1 aliphatic heterocycles. The molecule has 102 valence electrons. The zero-order valence-corrected chi connectivity index (χ0v) is 11.0. The summed E-state index contributed by atoms with van der Waals surface area (Å²) in [5.74, 6) is 0.532. The molecule has 1 aromatic carbocycles. The van der Waals surface area contributed by atoms with Crippen LogP contribution in [0.2, 0.25) is 0 Å². The number of methoxy groups -OCH3 is 1. The van der Waals surface area contributed by atoms with Crippen LogP contribution in [0.25, 0.3) is 0 Å². The van der Waals surface area contributed by atoms with Gasteiger partial charge in [0.25, 0.3) is 0 Å². The van der Waals surface area contributed by atoms with Gasteiger partial charge in [0.2, 0.25) is 5.91 Å². The lowest BCUT2D eigenvalue weighted by atomic mass is 9.87. The SMILES string of the molecule is CN[C@H]1C[C@@H](O)[C@@H]2C(=O)N(c3ccc(OC)cc3)[C@@H]21. The number of ether oxygens (including phenoxy) is 1. The number of carbonyl (C=O) groups is 1. The smallest absolute Gasteiger partial charge is 0.235 e. The fraction of sp³-hybridized carbons (Fsp3) is 0.500. The van der Waals surface area contributed by atoms with Gasteiger partial charge in [-0.2, -0.15) is 0 Å². The maximum absolute atomic E-state index is 12.2. The lowest BCUT2D eigenvalue weighted by Crippen LogP contribution is -2.65. The summed E-state index contributed by atoms with van der Waals surface area (Å²) in [6.45, 7) is 0. The van der Waals surface area contributed by atoms with Crippen LogP contribution in [0.4, 0.5) is 5.69 Å². The molecule has 0 unspecified atom stereocenters. The van der Waals surface area contributed by atoms with E-state index in [9.17, 15) is 9.90 Å². The van der Waals surface area contributed by atoms with E-state index in [1.54, 1.807) is 12.0 Å². The standard InChI is InChI=1S/C14H18N2O3/c1-15-10-7-11(17)12-13(10)16(14(12)18)8-3-5-9(19-2)6-4-8/h3-6,10-13,15,17H,7H2,1-2H3/t10-,11+,12-,13+/m0/s1. The number of benzene rings is 1. The lowest BCUT2D eigenvalue weighted by molar-refractivity contribution is -0.132. The molecule has 5 heteroatoms. The molecular formula is C14H18N2O3. The number of rotatable bonds is 3. The van der Waals surface area contributed by atoms with Crippen molar-refractivity contribution in [2.75, 3.05) is 19.1 Å². The van der Waals surface area contributed by atoms with Gasteiger partial charge in [0, 0.05) is 11.7 Å². The molecule has 5 nitrogen and oxygen atoms in total. The quantitative estimate of drug-likeness (QED) is 0.773. The first-order valence-electron chi connectivity index (χ1n) is 6.50. The number of hydrogen-bond acceptors (Lipinski definition) is 4. The molecule has 2 fully saturated rings. The minimum atomic E-state index is -0.524. The Morgan fingerprint density at radius 1 is 1.37 bits per heavy atom. The molecule has 3 rings (SSSR count). The highest BCUT2D eigenvalue weighted by Crippen LogP contribution is 2.43. The first-order valence-corrected chi connectivity index (χ1v) is 6.50. The molecule has 1 amide bonds. The van der Waals surface area contributed by atoms with E-state index < -0.39 is 6.10 Å². The summed E-state index contributed by atoms with van der Waals surface area (Å²) in [5.41, 5.74) is 0.862. The van der Waals surface area contributed by atoms with Gasteiger partial charge in [-0.25, -0.2) is 0 Å². The second-order valence-electron chi connectivity index (χ2n) is 5.12. The van der Waals surface area contributed by atoms with Crippen molar-refractivity contribution < 1.29 is 14.6 Å². The topological polar surface area (TPSA) is 61.8 Å². The third-order valence-electron chi connectivity index (χ3n) is 4.23. The molecule has 0 bridgehead atoms. The number of nitrogens with zero attached hydrogens (tertiary/aromatic N) is 1. The number of aliphatic hydroxyl groups excluding tert-OH is 1. The number of aliphatic hydroxyl groups is 1. The average molecular weight is 262 g/mol. The Morgan fingerprint density at radius 2 is 2.05 bits per heavy atom. The predicted octanol–water partition coefficient (Wildman–Crippen LogP) is 0.379. The number of nitrogens with one attached hydrogen (secondary N) is 1. The summed E-state index contributed by atoms with van der Waals surface area (Å²) in [6, 6.07) is 7.65. The monoisotopic (exact) mass is 262 g/mol. The van der Waals surface area contributed by atoms with Gasteiger partial charge in [0.1, 0.15) is 5.75 Å². The third-order valence-corrected chi connectivity index (χ3v) is 4.23. The van der Waals surface area contributed by atoms with Crippen LogP contribution >= 0.6 is 0 Å². The van der Waals surface area contributed by atoms with Gasteiger partial charge in [-0.3, -0.25) is 4.79 Å². The van der Waals surface area contributed by atoms with Crippen molar-refractivity contribution in [3.63, 3.8) is 0 Å². The molecule has 1 saturated carbocycles. The molecule has 2 aliphatic rings. The van der Waals surface area contributed by atoms with Crippen LogP contribution in [0.3, 0.4) is 0 Å². The van der Waals surface area contributed by atoms with E-state index in [1.165, 1.54) is 0 Å². The Hall–Kier alpha value is -1.59. The van der Waals surface area contributed by atoms with Crippen LogP contribution in [0.5, 0.6) is 5.75 Å². The van der Waals surface area contributed by atoms with E-state index >= 15 is 0 Å². The highest BCUT2D eigenvalue weighted by atomic mass is 16.5. The maximum Gasteiger partial charge on any atom is 0.235 e. The van der Waals surface area contributed by atoms with Crippen molar-refractivity contribution in [1.82, 2.24) is 5.32 Å². The van der Waals surface area contributed by atoms with Crippen LogP contribution in [0, 0.1) is 5.92 Å². The summed E-state index contributed by atoms with van der Waals surface area (Å²) in [6.07, 6.45) is 0.106. The first-order chi connectivity index (χ1) is 9.17. The first kappa shape index (κ1) is 12.4. The molecular weight excluding hydrogens is 244 g/mol. The van der Waals surface area contributed by atoms with Gasteiger partial charge >= 0.3 is 0 Å². The van der Waals surface area contributed by atoms with Crippen LogP contribution in [0.1, 0.15) is 6.42 Å². The molecule has 1 aliphatic carbocycles. The molecule has 0 spiro atoms. The number of likely N-dealkylation sites (N-methyl/N-ethyl adjacent to an activating group) is 1. The van der Waals surface area contributed by atoms with Gasteiger partial charge in [0.15, 0.2) is 0 Å². The second-order valence-corrected chi connectivity index (χ2v) is 5.12. The Morgan fingerprint density at radius 3 is 2.63 bits per heavy atom. The molecule has 0 radical (unpaired) electrons. The summed E-state index contributed by atoms with van der Waals surface area (Å²) in [7, 11) is 3.49. The second kappa shape index (κ2) is 4.51. The highest BCUT2D eigenvalue weighted by molar-refractivity contribution is 6.04. The largest absolute Gasteiger partial charge is 0.497 e. The lowest BCUT2D eigenvalue weighted by Gasteiger charge is -2.46. The van der Waals surface area contributed by atoms with Crippen LogP contribution < -0.4 is 15.0 Å². The van der Waals surface area contributed by atoms with Crippen molar-refractivity contribution in [2.24, 2.45) is 5.92 Å². The molecule has 1 heterocycles. The summed E-state index contributed by atoms with van der Waals surface area (Å²) >= 11 is 0. The van der Waals surface area contributed by atoms with Gasteiger partial charge < -0.3 is 20.1 Å². The number of β-lactam (4-membered cyclic amide) rings is 1. The normalized spacial score (nSPS) is 33.0. The van der Waals surface area contributed by atoms with Crippen molar-refractivity contribution in [3.05, 3.63) is 24.3 Å². The van der Waals surface area contributed by atoms with E-state index in [-0.39, 0.29) is 23.9 Å². The minimum Gasteiger partial charge on any atom is -0.497 e. The number of anilines is 1. The Kier molecular flexibility index (Phi) is 2.95. The zero-order valence-electron chi connectivity index (χ0n) is 11.0. The molecule has 0 aromatic heterocycles. The van der Waals surface area contributed by atoms with Crippen molar-refractivity contribution in [3.8, 4) is 5.75 Å². The number of fused-ring (bicyclic) bond motifs is 1. The van der Waals surface area contributed by atoms with Crippen molar-refractivity contribution in [2.45, 2.75) is 24.6 Å². The summed E-state index contributed by atoms with van der Waals surface area (Å²) < 4.78 is 5.12. The Balaban J connectivity index is 1.86. The molecule has 2 N–H and O–H groups in total. The van der Waals surface area contributed by atoms with Gasteiger partial charge in [0.05, 0.1) is 25.2 Å².